The molecule has 0 saturated heterocycles. The fraction of sp³-hybridized carbons (Fsp3) is 0.667. The van der Waals surface area contributed by atoms with Gasteiger partial charge in [0.1, 0.15) is 0 Å². The van der Waals surface area contributed by atoms with Crippen LogP contribution in [0.5, 0.6) is 0 Å². The van der Waals surface area contributed by atoms with Crippen molar-refractivity contribution < 1.29 is 0 Å². The Labute approximate surface area is 148 Å². The number of amidine groups is 1. The third kappa shape index (κ3) is 4.64. The van der Waals surface area contributed by atoms with Gasteiger partial charge in [-0.05, 0) is 0 Å². The number of hydrogen-bond donors (Lipinski definition) is 0. The molecule has 18 heavy (non-hydrogen) atoms. The number of aliphatic imine (C=N–C) groups is 2. The van der Waals surface area contributed by atoms with Crippen LogP contribution in [-0.4, -0.2) is 34.7 Å². The van der Waals surface area contributed by atoms with Gasteiger partial charge in [-0.3, -0.25) is 4.90 Å². The third-order valence-corrected chi connectivity index (χ3v) is 3.33. The smallest absolute Gasteiger partial charge is 0.270 e. The van der Waals surface area contributed by atoms with E-state index >= 15 is 0 Å². The van der Waals surface area contributed by atoms with E-state index in [0.717, 1.165) is 11.2 Å². The number of halogens is 9. The van der Waals surface area contributed by atoms with Crippen molar-refractivity contribution in [2.75, 3.05) is 0 Å². The molecule has 0 aromatic carbocycles. The van der Waals surface area contributed by atoms with E-state index in [2.05, 4.69) is 9.98 Å². The van der Waals surface area contributed by atoms with E-state index in [1.54, 1.807) is 0 Å². The Kier molecular flexibility index (Phi) is 5.80. The first kappa shape index (κ1) is 17.8. The molecule has 0 aromatic heterocycles. The van der Waals surface area contributed by atoms with Crippen LogP contribution in [0.3, 0.4) is 0 Å². The van der Waals surface area contributed by atoms with Crippen LogP contribution in [0.1, 0.15) is 0 Å². The van der Waals surface area contributed by atoms with Crippen molar-refractivity contribution in [1.29, 1.82) is 0 Å². The van der Waals surface area contributed by atoms with Crippen molar-refractivity contribution in [3.63, 3.8) is 0 Å². The van der Waals surface area contributed by atoms with Crippen molar-refractivity contribution in [2.24, 2.45) is 9.98 Å². The Balaban J connectivity index is 3.18. The second-order valence-corrected chi connectivity index (χ2v) is 9.86. The van der Waals surface area contributed by atoms with E-state index in [1.807, 2.05) is 0 Å². The molecule has 0 bridgehead atoms. The summed E-state index contributed by atoms with van der Waals surface area (Å²) in [6.45, 7) is 0. The minimum absolute atomic E-state index is 0.186. The molecule has 0 saturated carbocycles. The first-order chi connectivity index (χ1) is 7.83. The van der Waals surface area contributed by atoms with Gasteiger partial charge in [0.15, 0.2) is 12.0 Å². The molecule has 0 N–H and O–H groups in total. The summed E-state index contributed by atoms with van der Waals surface area (Å²) < 4.78 is -5.73. The summed E-state index contributed by atoms with van der Waals surface area (Å²) in [7, 11) is 0. The van der Waals surface area contributed by atoms with Gasteiger partial charge in [0.25, 0.3) is 3.92 Å². The molecule has 0 fully saturated rings. The highest BCUT2D eigenvalue weighted by molar-refractivity contribution is 6.77. The number of hydrogen-bond acceptors (Lipinski definition) is 3. The molecule has 1 unspecified atom stereocenters. The molecule has 0 spiro atoms. The highest BCUT2D eigenvalue weighted by Gasteiger charge is 2.47. The molecule has 1 heterocycles. The van der Waals surface area contributed by atoms with E-state index in [4.69, 9.17) is 104 Å². The summed E-state index contributed by atoms with van der Waals surface area (Å²) in [5, 5.41) is 0. The number of alkyl halides is 9. The molecule has 1 aliphatic rings. The van der Waals surface area contributed by atoms with Crippen LogP contribution in [0.25, 0.3) is 0 Å². The zero-order valence-corrected chi connectivity index (χ0v) is 14.7. The van der Waals surface area contributed by atoms with E-state index in [0.29, 0.717) is 0 Å². The van der Waals surface area contributed by atoms with Crippen molar-refractivity contribution in [1.82, 2.24) is 4.90 Å². The second kappa shape index (κ2) is 5.86. The summed E-state index contributed by atoms with van der Waals surface area (Å²) in [6, 6.07) is 0. The number of nitrogens with zero attached hydrogens (tertiary/aromatic N) is 3. The summed E-state index contributed by atoms with van der Waals surface area (Å²) in [4.78, 5) is 8.60. The van der Waals surface area contributed by atoms with Crippen molar-refractivity contribution in [3.05, 3.63) is 0 Å². The SMILES string of the molecule is ClC(Cl)(Cl)C1=NC(C(Cl)(Cl)Cl)N(C(Cl)(Cl)Cl)C=N1. The third-order valence-electron chi connectivity index (χ3n) is 1.65. The molecule has 0 aromatic rings. The van der Waals surface area contributed by atoms with Gasteiger partial charge in [0.2, 0.25) is 7.59 Å². The van der Waals surface area contributed by atoms with Crippen molar-refractivity contribution in [2.45, 2.75) is 17.7 Å². The Hall–Kier alpha value is 1.75. The summed E-state index contributed by atoms with van der Waals surface area (Å²) in [5.41, 5.74) is 0. The molecule has 0 aliphatic carbocycles. The first-order valence-electron chi connectivity index (χ1n) is 3.94. The van der Waals surface area contributed by atoms with Gasteiger partial charge in [0, 0.05) is 0 Å². The first-order valence-corrected chi connectivity index (χ1v) is 7.34. The normalized spacial score (nSPS) is 22.2. The predicted octanol–water partition coefficient (Wildman–Crippen LogP) is 5.12. The highest BCUT2D eigenvalue weighted by atomic mass is 35.6. The standard InChI is InChI=1S/C6H2Cl9N3/c7-4(8,9)2-16-1-18(6(13,14)15)3(17-2)5(10,11)12/h1,3H. The van der Waals surface area contributed by atoms with Gasteiger partial charge in [-0.1, -0.05) is 104 Å². The van der Waals surface area contributed by atoms with Gasteiger partial charge < -0.3 is 0 Å². The molecule has 3 nitrogen and oxygen atoms in total. The van der Waals surface area contributed by atoms with Crippen molar-refractivity contribution in [3.8, 4) is 0 Å². The van der Waals surface area contributed by atoms with Gasteiger partial charge in [-0.25, -0.2) is 9.98 Å². The van der Waals surface area contributed by atoms with Gasteiger partial charge in [-0.15, -0.1) is 0 Å². The van der Waals surface area contributed by atoms with Crippen molar-refractivity contribution >= 4 is 117 Å². The van der Waals surface area contributed by atoms with Crippen LogP contribution >= 0.6 is 104 Å². The molecule has 104 valence electrons. The van der Waals surface area contributed by atoms with E-state index in [9.17, 15) is 0 Å². The molecule has 1 rings (SSSR count). The molecule has 0 radical (unpaired) electrons. The molecule has 1 atom stereocenters. The summed E-state index contributed by atoms with van der Waals surface area (Å²) >= 11 is 51.2. The lowest BCUT2D eigenvalue weighted by Gasteiger charge is -2.38. The minimum Gasteiger partial charge on any atom is -0.291 e. The quantitative estimate of drug-likeness (QED) is 0.384. The fourth-order valence-corrected chi connectivity index (χ4v) is 2.14. The molecule has 12 heteroatoms. The lowest BCUT2D eigenvalue weighted by atomic mass is 10.4. The lowest BCUT2D eigenvalue weighted by Crippen LogP contribution is -2.51. The van der Waals surface area contributed by atoms with Crippen LogP contribution in [0.15, 0.2) is 9.98 Å². The monoisotopic (exact) mass is 431 g/mol. The lowest BCUT2D eigenvalue weighted by molar-refractivity contribution is 0.328. The maximum absolute atomic E-state index is 5.74. The highest BCUT2D eigenvalue weighted by Crippen LogP contribution is 2.43. The topological polar surface area (TPSA) is 28.0 Å². The average Bonchev–Trinajstić information content (AvgIpc) is 2.12. The fourth-order valence-electron chi connectivity index (χ4n) is 0.973. The van der Waals surface area contributed by atoms with Gasteiger partial charge in [0.05, 0.1) is 6.34 Å². The molecular formula is C6H2Cl9N3. The Morgan fingerprint density at radius 1 is 0.944 bits per heavy atom. The molecule has 0 amide bonds. The zero-order valence-electron chi connectivity index (χ0n) is 7.90. The van der Waals surface area contributed by atoms with Gasteiger partial charge in [-0.2, -0.15) is 0 Å². The molecule has 1 aliphatic heterocycles. The number of rotatable bonds is 0. The molecular weight excluding hydrogens is 433 g/mol. The maximum atomic E-state index is 5.74. The van der Waals surface area contributed by atoms with E-state index in [1.165, 1.54) is 0 Å². The maximum Gasteiger partial charge on any atom is 0.270 e. The Bertz CT molecular complexity index is 373. The predicted molar refractivity (Wildman–Crippen MR) is 82.4 cm³/mol. The largest absolute Gasteiger partial charge is 0.291 e. The van der Waals surface area contributed by atoms with Crippen LogP contribution in [-0.2, 0) is 0 Å². The van der Waals surface area contributed by atoms with E-state index < -0.39 is 17.7 Å². The van der Waals surface area contributed by atoms with E-state index in [-0.39, 0.29) is 5.84 Å². The minimum atomic E-state index is -1.93. The van der Waals surface area contributed by atoms with Gasteiger partial charge >= 0.3 is 0 Å². The Morgan fingerprint density at radius 2 is 1.44 bits per heavy atom. The zero-order chi connectivity index (χ0) is 14.4. The second-order valence-electron chi connectivity index (χ2n) is 2.99. The van der Waals surface area contributed by atoms with Crippen LogP contribution < -0.4 is 0 Å². The average molecular weight is 435 g/mol. The van der Waals surface area contributed by atoms with Crippen LogP contribution in [0.2, 0.25) is 0 Å². The Morgan fingerprint density at radius 3 is 1.78 bits per heavy atom. The summed E-state index contributed by atoms with van der Waals surface area (Å²) in [6.07, 6.45) is -0.137. The van der Waals surface area contributed by atoms with Crippen LogP contribution in [0.4, 0.5) is 0 Å². The summed E-state index contributed by atoms with van der Waals surface area (Å²) in [5.74, 6) is -0.186. The van der Waals surface area contributed by atoms with Crippen LogP contribution in [0, 0.1) is 0 Å².